The highest BCUT2D eigenvalue weighted by atomic mass is 16.3. The van der Waals surface area contributed by atoms with Gasteiger partial charge in [-0.3, -0.25) is 0 Å². The van der Waals surface area contributed by atoms with Gasteiger partial charge in [0.2, 0.25) is 0 Å². The van der Waals surface area contributed by atoms with Crippen LogP contribution >= 0.6 is 0 Å². The number of hydrogen-bond donors (Lipinski definition) is 0. The lowest BCUT2D eigenvalue weighted by Gasteiger charge is -2.26. The zero-order chi connectivity index (χ0) is 36.7. The number of furan rings is 3. The molecule has 0 aliphatic carbocycles. The van der Waals surface area contributed by atoms with E-state index < -0.39 is 0 Å². The van der Waals surface area contributed by atoms with Gasteiger partial charge in [-0.25, -0.2) is 0 Å². The fourth-order valence-corrected chi connectivity index (χ4v) is 8.83. The number of hydrogen-bond acceptors (Lipinski definition) is 4. The molecule has 0 spiro atoms. The molecule has 0 N–H and O–H groups in total. The zero-order valence-electron chi connectivity index (χ0n) is 30.1. The van der Waals surface area contributed by atoms with E-state index in [-0.39, 0.29) is 0 Å². The van der Waals surface area contributed by atoms with Crippen LogP contribution in [0.4, 0.5) is 17.1 Å². The van der Waals surface area contributed by atoms with Crippen LogP contribution in [0.25, 0.3) is 98.8 Å². The van der Waals surface area contributed by atoms with Crippen LogP contribution in [0.1, 0.15) is 0 Å². The molecule has 3 heterocycles. The van der Waals surface area contributed by atoms with E-state index in [2.05, 4.69) is 175 Å². The second-order valence-electron chi connectivity index (χ2n) is 14.4. The number of benzene rings is 9. The Hall–Kier alpha value is -7.56. The average molecular weight is 718 g/mol. The summed E-state index contributed by atoms with van der Waals surface area (Å²) in [7, 11) is 0. The van der Waals surface area contributed by atoms with Crippen molar-refractivity contribution in [1.29, 1.82) is 0 Å². The zero-order valence-corrected chi connectivity index (χ0v) is 30.1. The van der Waals surface area contributed by atoms with Crippen LogP contribution in [-0.4, -0.2) is 0 Å². The third-order valence-electron chi connectivity index (χ3n) is 11.3. The van der Waals surface area contributed by atoms with Crippen molar-refractivity contribution < 1.29 is 13.3 Å². The van der Waals surface area contributed by atoms with E-state index in [0.717, 1.165) is 105 Å². The van der Waals surface area contributed by atoms with Gasteiger partial charge in [-0.15, -0.1) is 0 Å². The van der Waals surface area contributed by atoms with Crippen molar-refractivity contribution in [3.63, 3.8) is 0 Å². The molecule has 0 fully saturated rings. The Morgan fingerprint density at radius 3 is 1.48 bits per heavy atom. The maximum Gasteiger partial charge on any atom is 0.159 e. The number of rotatable bonds is 5. The van der Waals surface area contributed by atoms with Gasteiger partial charge in [0.05, 0.1) is 11.4 Å². The summed E-state index contributed by atoms with van der Waals surface area (Å²) in [5.41, 5.74) is 12.3. The smallest absolute Gasteiger partial charge is 0.159 e. The SMILES string of the molecule is c1ccc(N(c2cccc3ccccc23)c2cccc3c2oc2c(-c4cccc5c4oc4c(-c6cccc7oc8ccccc8c67)cccc45)cccc23)cc1. The predicted octanol–water partition coefficient (Wildman–Crippen LogP) is 15.3. The minimum absolute atomic E-state index is 0.823. The van der Waals surface area contributed by atoms with Crippen molar-refractivity contribution in [3.8, 4) is 22.3 Å². The monoisotopic (exact) mass is 717 g/mol. The van der Waals surface area contributed by atoms with Crippen LogP contribution in [0.2, 0.25) is 0 Å². The van der Waals surface area contributed by atoms with Crippen LogP contribution < -0.4 is 4.90 Å². The molecule has 0 bridgehead atoms. The third kappa shape index (κ3) is 4.47. The second-order valence-corrected chi connectivity index (χ2v) is 14.4. The van der Waals surface area contributed by atoms with Crippen molar-refractivity contribution in [2.45, 2.75) is 0 Å². The Bertz CT molecular complexity index is 3490. The minimum Gasteiger partial charge on any atom is -0.456 e. The molecule has 0 radical (unpaired) electrons. The molecule has 0 saturated carbocycles. The molecule has 262 valence electrons. The lowest BCUT2D eigenvalue weighted by molar-refractivity contribution is 0.665. The van der Waals surface area contributed by atoms with Gasteiger partial charge in [-0.05, 0) is 47.3 Å². The summed E-state index contributed by atoms with van der Waals surface area (Å²) in [5, 5.41) is 8.77. The predicted molar refractivity (Wildman–Crippen MR) is 231 cm³/mol. The summed E-state index contributed by atoms with van der Waals surface area (Å²) in [6.45, 7) is 0. The molecule has 12 rings (SSSR count). The maximum atomic E-state index is 7.11. The Kier molecular flexibility index (Phi) is 6.60. The van der Waals surface area contributed by atoms with Crippen LogP contribution in [-0.2, 0) is 0 Å². The molecule has 0 aliphatic heterocycles. The van der Waals surface area contributed by atoms with E-state index in [9.17, 15) is 0 Å². The van der Waals surface area contributed by atoms with E-state index >= 15 is 0 Å². The highest BCUT2D eigenvalue weighted by molar-refractivity contribution is 6.20. The lowest BCUT2D eigenvalue weighted by Crippen LogP contribution is -2.10. The summed E-state index contributed by atoms with van der Waals surface area (Å²) in [5.74, 6) is 0. The largest absolute Gasteiger partial charge is 0.456 e. The topological polar surface area (TPSA) is 42.7 Å². The summed E-state index contributed by atoms with van der Waals surface area (Å²) in [6.07, 6.45) is 0. The van der Waals surface area contributed by atoms with Crippen LogP contribution in [0.5, 0.6) is 0 Å². The van der Waals surface area contributed by atoms with E-state index in [4.69, 9.17) is 13.3 Å². The van der Waals surface area contributed by atoms with Gasteiger partial charge in [0.15, 0.2) is 5.58 Å². The Balaban J connectivity index is 1.08. The van der Waals surface area contributed by atoms with Gasteiger partial charge < -0.3 is 18.2 Å². The quantitative estimate of drug-likeness (QED) is 0.178. The van der Waals surface area contributed by atoms with Crippen molar-refractivity contribution in [1.82, 2.24) is 0 Å². The van der Waals surface area contributed by atoms with Gasteiger partial charge in [-0.2, -0.15) is 0 Å². The standard InChI is InChI=1S/C52H31NO3/c1-2-16-33(17-3-1)53(44-28-8-15-32-14-4-5-18-34(32)44)45-29-12-27-42-41-26-11-25-40(51(41)56-52(42)45)39-24-10-23-38-37-22-9-21-36(49(37)55-50(38)39)35-20-13-31-47-48(35)43-19-6-7-30-46(43)54-47/h1-31H. The summed E-state index contributed by atoms with van der Waals surface area (Å²) in [6, 6.07) is 65.8. The summed E-state index contributed by atoms with van der Waals surface area (Å²) in [4.78, 5) is 2.32. The van der Waals surface area contributed by atoms with Gasteiger partial charge in [-0.1, -0.05) is 152 Å². The molecule has 3 aromatic heterocycles. The maximum absolute atomic E-state index is 7.11. The first-order chi connectivity index (χ1) is 27.8. The molecular weight excluding hydrogens is 687 g/mol. The highest BCUT2D eigenvalue weighted by Gasteiger charge is 2.24. The number of nitrogens with zero attached hydrogens (tertiary/aromatic N) is 1. The van der Waals surface area contributed by atoms with E-state index in [1.165, 1.54) is 10.8 Å². The average Bonchev–Trinajstić information content (AvgIpc) is 3.96. The molecule has 12 aromatic rings. The lowest BCUT2D eigenvalue weighted by atomic mass is 9.97. The Labute approximate surface area is 321 Å². The molecule has 4 heteroatoms. The van der Waals surface area contributed by atoms with Crippen LogP contribution in [0.15, 0.2) is 201 Å². The molecule has 9 aromatic carbocycles. The summed E-state index contributed by atoms with van der Waals surface area (Å²) < 4.78 is 20.4. The van der Waals surface area contributed by atoms with Crippen molar-refractivity contribution >= 4 is 93.7 Å². The molecule has 0 atom stereocenters. The number of anilines is 3. The molecule has 0 saturated heterocycles. The normalized spacial score (nSPS) is 11.9. The number of fused-ring (bicyclic) bond motifs is 10. The van der Waals surface area contributed by atoms with Gasteiger partial charge in [0, 0.05) is 60.1 Å². The first kappa shape index (κ1) is 30.9. The third-order valence-corrected chi connectivity index (χ3v) is 11.3. The van der Waals surface area contributed by atoms with Gasteiger partial charge in [0.25, 0.3) is 0 Å². The van der Waals surface area contributed by atoms with E-state index in [1.54, 1.807) is 0 Å². The fourth-order valence-electron chi connectivity index (χ4n) is 8.83. The molecule has 0 aliphatic rings. The second kappa shape index (κ2) is 12.0. The molecular formula is C52H31NO3. The van der Waals surface area contributed by atoms with Crippen molar-refractivity contribution in [2.24, 2.45) is 0 Å². The Morgan fingerprint density at radius 2 is 0.750 bits per heavy atom. The summed E-state index contributed by atoms with van der Waals surface area (Å²) >= 11 is 0. The first-order valence-corrected chi connectivity index (χ1v) is 18.9. The fraction of sp³-hybridized carbons (Fsp3) is 0. The minimum atomic E-state index is 0.823. The first-order valence-electron chi connectivity index (χ1n) is 18.9. The van der Waals surface area contributed by atoms with Crippen molar-refractivity contribution in [3.05, 3.63) is 188 Å². The molecule has 0 amide bonds. The van der Waals surface area contributed by atoms with Crippen LogP contribution in [0.3, 0.4) is 0 Å². The van der Waals surface area contributed by atoms with Gasteiger partial charge >= 0.3 is 0 Å². The van der Waals surface area contributed by atoms with E-state index in [1.807, 2.05) is 18.2 Å². The molecule has 56 heavy (non-hydrogen) atoms. The van der Waals surface area contributed by atoms with E-state index in [0.29, 0.717) is 0 Å². The highest BCUT2D eigenvalue weighted by Crippen LogP contribution is 2.48. The molecule has 4 nitrogen and oxygen atoms in total. The number of para-hydroxylation sites is 6. The molecule has 0 unspecified atom stereocenters. The Morgan fingerprint density at radius 1 is 0.286 bits per heavy atom. The van der Waals surface area contributed by atoms with Crippen LogP contribution in [0, 0.1) is 0 Å². The van der Waals surface area contributed by atoms with Crippen molar-refractivity contribution in [2.75, 3.05) is 4.90 Å². The van der Waals surface area contributed by atoms with Gasteiger partial charge in [0.1, 0.15) is 27.9 Å².